The maximum atomic E-state index is 13.1. The SMILES string of the molecule is O=C(NCc1cc(OCCC(F)(F)F)ccn1)[C@@H]1CCCN1S(=O)(=O)c1ccc(F)cc1. The number of carbonyl (C=O) groups excluding carboxylic acids is 1. The lowest BCUT2D eigenvalue weighted by Crippen LogP contribution is -2.45. The Kier molecular flexibility index (Phi) is 7.34. The summed E-state index contributed by atoms with van der Waals surface area (Å²) in [5.74, 6) is -0.926. The number of sulfonamides is 1. The summed E-state index contributed by atoms with van der Waals surface area (Å²) in [5, 5.41) is 2.61. The van der Waals surface area contributed by atoms with Gasteiger partial charge in [-0.2, -0.15) is 17.5 Å². The highest BCUT2D eigenvalue weighted by molar-refractivity contribution is 7.89. The Morgan fingerprint density at radius 1 is 1.22 bits per heavy atom. The van der Waals surface area contributed by atoms with Crippen molar-refractivity contribution in [2.75, 3.05) is 13.2 Å². The zero-order valence-electron chi connectivity index (χ0n) is 16.8. The van der Waals surface area contributed by atoms with Crippen LogP contribution in [0.5, 0.6) is 5.75 Å². The first-order valence-corrected chi connectivity index (χ1v) is 11.2. The van der Waals surface area contributed by atoms with Crippen molar-refractivity contribution in [3.63, 3.8) is 0 Å². The second kappa shape index (κ2) is 9.82. The first kappa shape index (κ1) is 23.9. The number of aromatic nitrogens is 1. The highest BCUT2D eigenvalue weighted by Crippen LogP contribution is 2.26. The lowest BCUT2D eigenvalue weighted by molar-refractivity contribution is -0.139. The van der Waals surface area contributed by atoms with E-state index < -0.39 is 47.0 Å². The molecule has 0 spiro atoms. The molecule has 3 rings (SSSR count). The van der Waals surface area contributed by atoms with Gasteiger partial charge in [0.1, 0.15) is 17.6 Å². The van der Waals surface area contributed by atoms with Gasteiger partial charge in [0, 0.05) is 18.8 Å². The van der Waals surface area contributed by atoms with E-state index in [1.165, 1.54) is 18.3 Å². The van der Waals surface area contributed by atoms with Crippen LogP contribution in [0, 0.1) is 5.82 Å². The van der Waals surface area contributed by atoms with Gasteiger partial charge >= 0.3 is 6.18 Å². The maximum absolute atomic E-state index is 13.1. The van der Waals surface area contributed by atoms with Crippen molar-refractivity contribution < 1.29 is 35.5 Å². The van der Waals surface area contributed by atoms with Gasteiger partial charge < -0.3 is 10.1 Å². The van der Waals surface area contributed by atoms with Crippen molar-refractivity contribution in [1.82, 2.24) is 14.6 Å². The van der Waals surface area contributed by atoms with E-state index in [0.717, 1.165) is 28.6 Å². The van der Waals surface area contributed by atoms with Gasteiger partial charge in [0.2, 0.25) is 15.9 Å². The molecule has 1 aliphatic rings. The van der Waals surface area contributed by atoms with Crippen molar-refractivity contribution in [2.45, 2.75) is 42.9 Å². The number of alkyl halides is 3. The minimum absolute atomic E-state index is 0.0593. The summed E-state index contributed by atoms with van der Waals surface area (Å²) in [6, 6.07) is 6.23. The number of hydrogen-bond acceptors (Lipinski definition) is 5. The Morgan fingerprint density at radius 3 is 2.62 bits per heavy atom. The number of hydrogen-bond donors (Lipinski definition) is 1. The highest BCUT2D eigenvalue weighted by Gasteiger charge is 2.39. The number of ether oxygens (including phenoxy) is 1. The quantitative estimate of drug-likeness (QED) is 0.593. The molecule has 0 unspecified atom stereocenters. The van der Waals surface area contributed by atoms with Crippen LogP contribution in [0.3, 0.4) is 0 Å². The molecule has 1 aromatic carbocycles. The highest BCUT2D eigenvalue weighted by atomic mass is 32.2. The summed E-state index contributed by atoms with van der Waals surface area (Å²) < 4.78 is 81.7. The summed E-state index contributed by atoms with van der Waals surface area (Å²) in [6.07, 6.45) is -3.28. The molecule has 1 atom stereocenters. The van der Waals surface area contributed by atoms with Crippen LogP contribution in [-0.2, 0) is 21.4 Å². The van der Waals surface area contributed by atoms with E-state index >= 15 is 0 Å². The molecule has 1 fully saturated rings. The Hall–Kier alpha value is -2.73. The topological polar surface area (TPSA) is 88.6 Å². The average Bonchev–Trinajstić information content (AvgIpc) is 3.23. The molecule has 7 nitrogen and oxygen atoms in total. The molecule has 2 aromatic rings. The van der Waals surface area contributed by atoms with Crippen molar-refractivity contribution in [1.29, 1.82) is 0 Å². The molecular weight excluding hydrogens is 454 g/mol. The number of pyridine rings is 1. The summed E-state index contributed by atoms with van der Waals surface area (Å²) in [4.78, 5) is 16.6. The van der Waals surface area contributed by atoms with E-state index in [1.807, 2.05) is 0 Å². The molecule has 0 radical (unpaired) electrons. The van der Waals surface area contributed by atoms with Crippen LogP contribution in [0.1, 0.15) is 25.0 Å². The number of nitrogens with zero attached hydrogens (tertiary/aromatic N) is 2. The predicted octanol–water partition coefficient (Wildman–Crippen LogP) is 3.02. The van der Waals surface area contributed by atoms with Crippen LogP contribution in [0.25, 0.3) is 0 Å². The molecular formula is C20H21F4N3O4S. The van der Waals surface area contributed by atoms with Crippen molar-refractivity contribution >= 4 is 15.9 Å². The van der Waals surface area contributed by atoms with E-state index in [9.17, 15) is 30.8 Å². The zero-order valence-corrected chi connectivity index (χ0v) is 17.6. The van der Waals surface area contributed by atoms with Crippen LogP contribution >= 0.6 is 0 Å². The number of nitrogens with one attached hydrogen (secondary N) is 1. The van der Waals surface area contributed by atoms with Crippen LogP contribution in [0.15, 0.2) is 47.5 Å². The first-order valence-electron chi connectivity index (χ1n) is 9.76. The third kappa shape index (κ3) is 6.16. The number of amides is 1. The van der Waals surface area contributed by atoms with E-state index in [0.29, 0.717) is 18.5 Å². The maximum Gasteiger partial charge on any atom is 0.392 e. The van der Waals surface area contributed by atoms with E-state index in [1.54, 1.807) is 0 Å². The molecule has 1 N–H and O–H groups in total. The van der Waals surface area contributed by atoms with Gasteiger partial charge in [-0.1, -0.05) is 0 Å². The molecule has 32 heavy (non-hydrogen) atoms. The van der Waals surface area contributed by atoms with Crippen LogP contribution in [0.2, 0.25) is 0 Å². The summed E-state index contributed by atoms with van der Waals surface area (Å²) in [7, 11) is -3.98. The first-order chi connectivity index (χ1) is 15.1. The van der Waals surface area contributed by atoms with Crippen molar-refractivity contribution in [3.05, 3.63) is 54.1 Å². The fourth-order valence-corrected chi connectivity index (χ4v) is 4.91. The van der Waals surface area contributed by atoms with Gasteiger partial charge in [-0.25, -0.2) is 12.8 Å². The monoisotopic (exact) mass is 475 g/mol. The summed E-state index contributed by atoms with van der Waals surface area (Å²) in [6.45, 7) is -0.452. The number of rotatable bonds is 8. The van der Waals surface area contributed by atoms with Gasteiger partial charge in [-0.15, -0.1) is 0 Å². The van der Waals surface area contributed by atoms with Gasteiger partial charge in [0.15, 0.2) is 0 Å². The van der Waals surface area contributed by atoms with Crippen LogP contribution < -0.4 is 10.1 Å². The molecule has 1 aliphatic heterocycles. The fraction of sp³-hybridized carbons (Fsp3) is 0.400. The number of benzene rings is 1. The Labute approximate surface area is 182 Å². The minimum Gasteiger partial charge on any atom is -0.493 e. The Balaban J connectivity index is 1.61. The zero-order chi connectivity index (χ0) is 23.4. The molecule has 0 saturated carbocycles. The second-order valence-corrected chi connectivity index (χ2v) is 9.03. The predicted molar refractivity (Wildman–Crippen MR) is 106 cm³/mol. The standard InChI is InChI=1S/C20H21F4N3O4S/c21-14-3-5-17(6-4-14)32(29,30)27-10-1-2-18(27)19(28)26-13-15-12-16(7-9-25-15)31-11-8-20(22,23)24/h3-7,9,12,18H,1-2,8,10-11,13H2,(H,26,28)/t18-/m0/s1. The average molecular weight is 475 g/mol. The molecule has 1 saturated heterocycles. The number of carbonyl (C=O) groups is 1. The second-order valence-electron chi connectivity index (χ2n) is 7.14. The van der Waals surface area contributed by atoms with Crippen molar-refractivity contribution in [3.8, 4) is 5.75 Å². The van der Waals surface area contributed by atoms with Gasteiger partial charge in [0.05, 0.1) is 30.2 Å². The van der Waals surface area contributed by atoms with E-state index in [-0.39, 0.29) is 23.7 Å². The lowest BCUT2D eigenvalue weighted by Gasteiger charge is -2.23. The van der Waals surface area contributed by atoms with E-state index in [2.05, 4.69) is 10.3 Å². The molecule has 0 bridgehead atoms. The molecule has 0 aliphatic carbocycles. The van der Waals surface area contributed by atoms with E-state index in [4.69, 9.17) is 4.74 Å². The molecule has 1 amide bonds. The molecule has 12 heteroatoms. The van der Waals surface area contributed by atoms with Gasteiger partial charge in [0.25, 0.3) is 0 Å². The normalized spacial score (nSPS) is 17.3. The van der Waals surface area contributed by atoms with Crippen LogP contribution in [0.4, 0.5) is 17.6 Å². The lowest BCUT2D eigenvalue weighted by atomic mass is 10.2. The van der Waals surface area contributed by atoms with Crippen molar-refractivity contribution in [2.24, 2.45) is 0 Å². The Bertz CT molecular complexity index is 1050. The van der Waals surface area contributed by atoms with Gasteiger partial charge in [-0.3, -0.25) is 9.78 Å². The van der Waals surface area contributed by atoms with Gasteiger partial charge in [-0.05, 0) is 43.2 Å². The summed E-state index contributed by atoms with van der Waals surface area (Å²) >= 11 is 0. The fourth-order valence-electron chi connectivity index (χ4n) is 3.25. The molecule has 174 valence electrons. The smallest absolute Gasteiger partial charge is 0.392 e. The third-order valence-electron chi connectivity index (χ3n) is 4.81. The largest absolute Gasteiger partial charge is 0.493 e. The van der Waals surface area contributed by atoms with Crippen LogP contribution in [-0.4, -0.2) is 49.0 Å². The third-order valence-corrected chi connectivity index (χ3v) is 6.73. The number of halogens is 4. The summed E-state index contributed by atoms with van der Waals surface area (Å²) in [5.41, 5.74) is 0.341. The minimum atomic E-state index is -4.33. The Morgan fingerprint density at radius 2 is 1.94 bits per heavy atom. The molecule has 2 heterocycles. The molecule has 1 aromatic heterocycles.